The Kier molecular flexibility index (Phi) is 3.54. The van der Waals surface area contributed by atoms with E-state index in [1.807, 2.05) is 0 Å². The number of methoxy groups -OCH3 is 1. The second-order valence-electron chi connectivity index (χ2n) is 6.65. The molecule has 17 heavy (non-hydrogen) atoms. The molecule has 0 aliphatic heterocycles. The van der Waals surface area contributed by atoms with Crippen LogP contribution >= 0.6 is 0 Å². The van der Waals surface area contributed by atoms with Gasteiger partial charge in [0.1, 0.15) is 0 Å². The molecular formula is C14H27NO2. The Morgan fingerprint density at radius 2 is 2.00 bits per heavy atom. The molecule has 0 aromatic rings. The van der Waals surface area contributed by atoms with Crippen molar-refractivity contribution in [3.63, 3.8) is 0 Å². The Labute approximate surface area is 105 Å². The van der Waals surface area contributed by atoms with Crippen LogP contribution in [0.5, 0.6) is 0 Å². The van der Waals surface area contributed by atoms with Gasteiger partial charge < -0.3 is 15.2 Å². The lowest BCUT2D eigenvalue weighted by Gasteiger charge is -2.39. The third-order valence-electron chi connectivity index (χ3n) is 5.61. The maximum Gasteiger partial charge on any atom is 0.0644 e. The molecule has 2 rings (SSSR count). The molecule has 2 aliphatic rings. The van der Waals surface area contributed by atoms with Crippen molar-refractivity contribution in [1.82, 2.24) is 0 Å². The zero-order chi connectivity index (χ0) is 12.7. The van der Waals surface area contributed by atoms with E-state index in [-0.39, 0.29) is 6.04 Å². The van der Waals surface area contributed by atoms with Gasteiger partial charge in [-0.1, -0.05) is 20.8 Å². The van der Waals surface area contributed by atoms with E-state index in [0.717, 1.165) is 5.92 Å². The second-order valence-corrected chi connectivity index (χ2v) is 6.65. The summed E-state index contributed by atoms with van der Waals surface area (Å²) in [6.45, 7) is 8.41. The van der Waals surface area contributed by atoms with Crippen LogP contribution in [0.15, 0.2) is 0 Å². The van der Waals surface area contributed by atoms with E-state index in [0.29, 0.717) is 30.1 Å². The van der Waals surface area contributed by atoms with E-state index in [2.05, 4.69) is 20.8 Å². The van der Waals surface area contributed by atoms with Crippen molar-refractivity contribution >= 4 is 0 Å². The van der Waals surface area contributed by atoms with Crippen molar-refractivity contribution < 1.29 is 9.47 Å². The molecule has 0 saturated heterocycles. The summed E-state index contributed by atoms with van der Waals surface area (Å²) in [7, 11) is 1.68. The third kappa shape index (κ3) is 2.02. The molecule has 0 heterocycles. The molecule has 3 heteroatoms. The minimum Gasteiger partial charge on any atom is -0.383 e. The fraction of sp³-hybridized carbons (Fsp3) is 1.00. The summed E-state index contributed by atoms with van der Waals surface area (Å²) in [5.41, 5.74) is 6.68. The van der Waals surface area contributed by atoms with Crippen LogP contribution in [-0.2, 0) is 9.47 Å². The normalized spacial score (nSPS) is 40.8. The highest BCUT2D eigenvalue weighted by molar-refractivity contribution is 5.11. The quantitative estimate of drug-likeness (QED) is 0.802. The van der Waals surface area contributed by atoms with E-state index < -0.39 is 0 Å². The molecule has 0 radical (unpaired) electrons. The van der Waals surface area contributed by atoms with Gasteiger partial charge in [0.25, 0.3) is 0 Å². The highest BCUT2D eigenvalue weighted by Gasteiger charge is 2.61. The molecule has 2 N–H and O–H groups in total. The zero-order valence-corrected chi connectivity index (χ0v) is 11.7. The molecule has 0 aromatic heterocycles. The van der Waals surface area contributed by atoms with Crippen molar-refractivity contribution in [3.8, 4) is 0 Å². The SMILES string of the molecule is COCC(N)COC1CC2CCC1(C)C2(C)C. The minimum absolute atomic E-state index is 0.00541. The largest absolute Gasteiger partial charge is 0.383 e. The molecule has 2 saturated carbocycles. The van der Waals surface area contributed by atoms with Crippen LogP contribution in [0, 0.1) is 16.7 Å². The van der Waals surface area contributed by atoms with Crippen LogP contribution in [0.25, 0.3) is 0 Å². The van der Waals surface area contributed by atoms with Gasteiger partial charge in [-0.15, -0.1) is 0 Å². The van der Waals surface area contributed by atoms with Crippen molar-refractivity contribution in [2.45, 2.75) is 52.2 Å². The molecular weight excluding hydrogens is 214 g/mol. The Bertz CT molecular complexity index is 279. The first kappa shape index (κ1) is 13.3. The highest BCUT2D eigenvalue weighted by Crippen LogP contribution is 2.66. The number of fused-ring (bicyclic) bond motifs is 2. The Hall–Kier alpha value is -0.120. The summed E-state index contributed by atoms with van der Waals surface area (Å²) >= 11 is 0. The van der Waals surface area contributed by atoms with Gasteiger partial charge in [0.05, 0.1) is 25.4 Å². The van der Waals surface area contributed by atoms with Gasteiger partial charge in [0.15, 0.2) is 0 Å². The van der Waals surface area contributed by atoms with E-state index in [1.54, 1.807) is 7.11 Å². The Morgan fingerprint density at radius 1 is 1.29 bits per heavy atom. The number of nitrogens with two attached hydrogens (primary N) is 1. The molecule has 0 amide bonds. The zero-order valence-electron chi connectivity index (χ0n) is 11.7. The first-order valence-electron chi connectivity index (χ1n) is 6.78. The van der Waals surface area contributed by atoms with Crippen molar-refractivity contribution in [2.24, 2.45) is 22.5 Å². The van der Waals surface area contributed by atoms with Crippen LogP contribution in [0.4, 0.5) is 0 Å². The predicted octanol–water partition coefficient (Wildman–Crippen LogP) is 2.19. The van der Waals surface area contributed by atoms with E-state index in [4.69, 9.17) is 15.2 Å². The molecule has 2 aliphatic carbocycles. The standard InChI is InChI=1S/C14H27NO2/c1-13(2)10-5-6-14(13,3)12(7-10)17-9-11(15)8-16-4/h10-12H,5-9,15H2,1-4H3. The summed E-state index contributed by atoms with van der Waals surface area (Å²) in [5.74, 6) is 0.830. The van der Waals surface area contributed by atoms with Crippen LogP contribution in [0.2, 0.25) is 0 Å². The van der Waals surface area contributed by atoms with Crippen LogP contribution in [-0.4, -0.2) is 32.5 Å². The Morgan fingerprint density at radius 3 is 2.47 bits per heavy atom. The molecule has 2 fully saturated rings. The van der Waals surface area contributed by atoms with Gasteiger partial charge in [-0.2, -0.15) is 0 Å². The fourth-order valence-corrected chi connectivity index (χ4v) is 3.88. The number of rotatable bonds is 5. The van der Waals surface area contributed by atoms with Crippen LogP contribution < -0.4 is 5.73 Å². The smallest absolute Gasteiger partial charge is 0.0644 e. The van der Waals surface area contributed by atoms with Gasteiger partial charge in [-0.25, -0.2) is 0 Å². The average Bonchev–Trinajstić information content (AvgIpc) is 2.59. The summed E-state index contributed by atoms with van der Waals surface area (Å²) in [6.07, 6.45) is 4.27. The molecule has 4 atom stereocenters. The van der Waals surface area contributed by atoms with Gasteiger partial charge in [-0.3, -0.25) is 0 Å². The third-order valence-corrected chi connectivity index (χ3v) is 5.61. The summed E-state index contributed by atoms with van der Waals surface area (Å²) in [4.78, 5) is 0. The molecule has 0 aromatic carbocycles. The van der Waals surface area contributed by atoms with Crippen molar-refractivity contribution in [2.75, 3.05) is 20.3 Å². The van der Waals surface area contributed by atoms with E-state index >= 15 is 0 Å². The number of hydrogen-bond donors (Lipinski definition) is 1. The van der Waals surface area contributed by atoms with Crippen molar-refractivity contribution in [1.29, 1.82) is 0 Å². The van der Waals surface area contributed by atoms with Gasteiger partial charge in [-0.05, 0) is 36.0 Å². The first-order chi connectivity index (χ1) is 7.91. The maximum absolute atomic E-state index is 6.08. The van der Waals surface area contributed by atoms with Crippen LogP contribution in [0.3, 0.4) is 0 Å². The molecule has 2 bridgehead atoms. The van der Waals surface area contributed by atoms with E-state index in [9.17, 15) is 0 Å². The number of ether oxygens (including phenoxy) is 2. The summed E-state index contributed by atoms with van der Waals surface area (Å²) in [6, 6.07) is 0.00541. The van der Waals surface area contributed by atoms with Crippen LogP contribution in [0.1, 0.15) is 40.0 Å². The summed E-state index contributed by atoms with van der Waals surface area (Å²) in [5, 5.41) is 0. The van der Waals surface area contributed by atoms with E-state index in [1.165, 1.54) is 19.3 Å². The monoisotopic (exact) mass is 241 g/mol. The lowest BCUT2D eigenvalue weighted by molar-refractivity contribution is -0.0553. The van der Waals surface area contributed by atoms with Gasteiger partial charge in [0, 0.05) is 7.11 Å². The Balaban J connectivity index is 1.92. The average molecular weight is 241 g/mol. The van der Waals surface area contributed by atoms with Crippen molar-refractivity contribution in [3.05, 3.63) is 0 Å². The number of hydrogen-bond acceptors (Lipinski definition) is 3. The predicted molar refractivity (Wildman–Crippen MR) is 68.8 cm³/mol. The molecule has 3 nitrogen and oxygen atoms in total. The lowest BCUT2D eigenvalue weighted by atomic mass is 9.70. The fourth-order valence-electron chi connectivity index (χ4n) is 3.88. The van der Waals surface area contributed by atoms with Gasteiger partial charge in [0.2, 0.25) is 0 Å². The molecule has 4 unspecified atom stereocenters. The van der Waals surface area contributed by atoms with Gasteiger partial charge >= 0.3 is 0 Å². The minimum atomic E-state index is 0.00541. The molecule has 100 valence electrons. The lowest BCUT2D eigenvalue weighted by Crippen LogP contribution is -2.40. The second kappa shape index (κ2) is 4.52. The topological polar surface area (TPSA) is 44.5 Å². The molecule has 0 spiro atoms. The summed E-state index contributed by atoms with van der Waals surface area (Å²) < 4.78 is 11.1. The first-order valence-corrected chi connectivity index (χ1v) is 6.78. The maximum atomic E-state index is 6.08. The highest BCUT2D eigenvalue weighted by atomic mass is 16.5.